The van der Waals surface area contributed by atoms with Crippen LogP contribution in [-0.2, 0) is 0 Å². The average molecular weight is 264 g/mol. The van der Waals surface area contributed by atoms with Gasteiger partial charge >= 0.3 is 0 Å². The maximum absolute atomic E-state index is 10.1. The summed E-state index contributed by atoms with van der Waals surface area (Å²) in [5, 5.41) is 10.1. The van der Waals surface area contributed by atoms with E-state index in [9.17, 15) is 5.11 Å². The van der Waals surface area contributed by atoms with Crippen molar-refractivity contribution >= 4 is 15.9 Å². The van der Waals surface area contributed by atoms with Crippen molar-refractivity contribution in [3.05, 3.63) is 64.4 Å². The number of rotatable bonds is 2. The third-order valence-electron chi connectivity index (χ3n) is 2.17. The molecular formula is C12H10BrNO. The van der Waals surface area contributed by atoms with Gasteiger partial charge in [-0.2, -0.15) is 0 Å². The molecule has 0 aliphatic heterocycles. The highest BCUT2D eigenvalue weighted by Gasteiger charge is 2.13. The first-order valence-electron chi connectivity index (χ1n) is 4.62. The number of benzene rings is 1. The van der Waals surface area contributed by atoms with Gasteiger partial charge in [0.25, 0.3) is 0 Å². The van der Waals surface area contributed by atoms with Gasteiger partial charge in [0.1, 0.15) is 6.10 Å². The number of aliphatic hydroxyl groups is 1. The van der Waals surface area contributed by atoms with E-state index in [1.807, 2.05) is 42.5 Å². The summed E-state index contributed by atoms with van der Waals surface area (Å²) >= 11 is 3.41. The van der Waals surface area contributed by atoms with Crippen molar-refractivity contribution in [2.75, 3.05) is 0 Å². The molecule has 0 bridgehead atoms. The fraction of sp³-hybridized carbons (Fsp3) is 0.0833. The number of halogens is 1. The lowest BCUT2D eigenvalue weighted by molar-refractivity contribution is 0.214. The van der Waals surface area contributed by atoms with Gasteiger partial charge in [-0.15, -0.1) is 0 Å². The van der Waals surface area contributed by atoms with Gasteiger partial charge in [0.2, 0.25) is 0 Å². The SMILES string of the molecule is OC(c1ccccn1)c1ccccc1Br. The maximum atomic E-state index is 10.1. The van der Waals surface area contributed by atoms with Crippen LogP contribution in [0.1, 0.15) is 17.4 Å². The average Bonchev–Trinajstić information content (AvgIpc) is 2.30. The van der Waals surface area contributed by atoms with Crippen molar-refractivity contribution in [2.45, 2.75) is 6.10 Å². The van der Waals surface area contributed by atoms with E-state index in [0.29, 0.717) is 5.69 Å². The highest BCUT2D eigenvalue weighted by atomic mass is 79.9. The summed E-state index contributed by atoms with van der Waals surface area (Å²) in [6, 6.07) is 13.1. The lowest BCUT2D eigenvalue weighted by atomic mass is 10.1. The van der Waals surface area contributed by atoms with E-state index < -0.39 is 6.10 Å². The number of aliphatic hydroxyl groups excluding tert-OH is 1. The minimum atomic E-state index is -0.679. The van der Waals surface area contributed by atoms with Crippen molar-refractivity contribution in [2.24, 2.45) is 0 Å². The Morgan fingerprint density at radius 3 is 2.47 bits per heavy atom. The van der Waals surface area contributed by atoms with Crippen molar-refractivity contribution in [1.82, 2.24) is 4.98 Å². The first-order chi connectivity index (χ1) is 7.29. The molecular weight excluding hydrogens is 254 g/mol. The number of nitrogens with zero attached hydrogens (tertiary/aromatic N) is 1. The predicted molar refractivity (Wildman–Crippen MR) is 62.4 cm³/mol. The quantitative estimate of drug-likeness (QED) is 0.904. The molecule has 0 saturated heterocycles. The summed E-state index contributed by atoms with van der Waals surface area (Å²) < 4.78 is 0.892. The van der Waals surface area contributed by atoms with Gasteiger partial charge in [0.15, 0.2) is 0 Å². The number of aromatic nitrogens is 1. The molecule has 2 rings (SSSR count). The molecule has 3 heteroatoms. The number of pyridine rings is 1. The highest BCUT2D eigenvalue weighted by molar-refractivity contribution is 9.10. The molecule has 1 atom stereocenters. The first kappa shape index (κ1) is 10.3. The van der Waals surface area contributed by atoms with Gasteiger partial charge in [-0.3, -0.25) is 4.98 Å². The fourth-order valence-corrected chi connectivity index (χ4v) is 1.90. The molecule has 0 aliphatic carbocycles. The summed E-state index contributed by atoms with van der Waals surface area (Å²) in [6.07, 6.45) is 0.997. The Bertz CT molecular complexity index is 444. The van der Waals surface area contributed by atoms with Crippen LogP contribution in [0.25, 0.3) is 0 Å². The van der Waals surface area contributed by atoms with E-state index in [-0.39, 0.29) is 0 Å². The fourth-order valence-electron chi connectivity index (χ4n) is 1.39. The van der Waals surface area contributed by atoms with E-state index in [0.717, 1.165) is 10.0 Å². The first-order valence-corrected chi connectivity index (χ1v) is 5.42. The predicted octanol–water partition coefficient (Wildman–Crippen LogP) is 2.93. The zero-order valence-electron chi connectivity index (χ0n) is 7.97. The molecule has 1 aromatic carbocycles. The second-order valence-electron chi connectivity index (χ2n) is 3.18. The summed E-state index contributed by atoms with van der Waals surface area (Å²) in [7, 11) is 0. The molecule has 2 aromatic rings. The molecule has 0 radical (unpaired) electrons. The van der Waals surface area contributed by atoms with Crippen LogP contribution >= 0.6 is 15.9 Å². The number of hydrogen-bond donors (Lipinski definition) is 1. The molecule has 0 saturated carbocycles. The minimum absolute atomic E-state index is 0.657. The molecule has 1 aromatic heterocycles. The molecule has 1 N–H and O–H groups in total. The summed E-state index contributed by atoms with van der Waals surface area (Å²) in [5.74, 6) is 0. The van der Waals surface area contributed by atoms with Gasteiger partial charge < -0.3 is 5.11 Å². The van der Waals surface area contributed by atoms with Gasteiger partial charge in [-0.1, -0.05) is 40.2 Å². The molecule has 1 heterocycles. The van der Waals surface area contributed by atoms with Gasteiger partial charge in [-0.05, 0) is 18.2 Å². The van der Waals surface area contributed by atoms with E-state index in [1.54, 1.807) is 6.20 Å². The topological polar surface area (TPSA) is 33.1 Å². The van der Waals surface area contributed by atoms with E-state index in [1.165, 1.54) is 0 Å². The van der Waals surface area contributed by atoms with E-state index >= 15 is 0 Å². The van der Waals surface area contributed by atoms with Crippen LogP contribution < -0.4 is 0 Å². The Kier molecular flexibility index (Phi) is 3.14. The zero-order chi connectivity index (χ0) is 10.7. The van der Waals surface area contributed by atoms with E-state index in [2.05, 4.69) is 20.9 Å². The van der Waals surface area contributed by atoms with Gasteiger partial charge in [0.05, 0.1) is 5.69 Å². The van der Waals surface area contributed by atoms with Crippen LogP contribution in [0.5, 0.6) is 0 Å². The molecule has 0 spiro atoms. The normalized spacial score (nSPS) is 12.4. The van der Waals surface area contributed by atoms with Crippen molar-refractivity contribution < 1.29 is 5.11 Å². The second-order valence-corrected chi connectivity index (χ2v) is 4.03. The molecule has 2 nitrogen and oxygen atoms in total. The van der Waals surface area contributed by atoms with Crippen molar-refractivity contribution in [1.29, 1.82) is 0 Å². The zero-order valence-corrected chi connectivity index (χ0v) is 9.55. The Morgan fingerprint density at radius 1 is 1.07 bits per heavy atom. The van der Waals surface area contributed by atoms with Crippen LogP contribution in [0.4, 0.5) is 0 Å². The molecule has 1 unspecified atom stereocenters. The van der Waals surface area contributed by atoms with Crippen LogP contribution in [0.15, 0.2) is 53.1 Å². The van der Waals surface area contributed by atoms with Gasteiger partial charge in [0, 0.05) is 16.2 Å². The molecule has 0 aliphatic rings. The smallest absolute Gasteiger partial charge is 0.122 e. The van der Waals surface area contributed by atoms with Crippen LogP contribution in [0, 0.1) is 0 Å². The monoisotopic (exact) mass is 263 g/mol. The maximum Gasteiger partial charge on any atom is 0.122 e. The summed E-state index contributed by atoms with van der Waals surface area (Å²) in [5.41, 5.74) is 1.49. The summed E-state index contributed by atoms with van der Waals surface area (Å²) in [4.78, 5) is 4.13. The Morgan fingerprint density at radius 2 is 1.80 bits per heavy atom. The van der Waals surface area contributed by atoms with Crippen LogP contribution in [0.2, 0.25) is 0 Å². The minimum Gasteiger partial charge on any atom is -0.382 e. The van der Waals surface area contributed by atoms with Crippen LogP contribution in [-0.4, -0.2) is 10.1 Å². The Labute approximate surface area is 96.7 Å². The summed E-state index contributed by atoms with van der Waals surface area (Å²) in [6.45, 7) is 0. The lowest BCUT2D eigenvalue weighted by Gasteiger charge is -2.11. The van der Waals surface area contributed by atoms with Crippen molar-refractivity contribution in [3.8, 4) is 0 Å². The van der Waals surface area contributed by atoms with Crippen molar-refractivity contribution in [3.63, 3.8) is 0 Å². The third kappa shape index (κ3) is 2.25. The molecule has 15 heavy (non-hydrogen) atoms. The van der Waals surface area contributed by atoms with E-state index in [4.69, 9.17) is 0 Å². The Hall–Kier alpha value is -1.19. The highest BCUT2D eigenvalue weighted by Crippen LogP contribution is 2.26. The molecule has 0 amide bonds. The lowest BCUT2D eigenvalue weighted by Crippen LogP contribution is -2.02. The van der Waals surface area contributed by atoms with Crippen LogP contribution in [0.3, 0.4) is 0 Å². The van der Waals surface area contributed by atoms with Gasteiger partial charge in [-0.25, -0.2) is 0 Å². The second kappa shape index (κ2) is 4.55. The third-order valence-corrected chi connectivity index (χ3v) is 2.89. The standard InChI is InChI=1S/C12H10BrNO/c13-10-6-2-1-5-9(10)12(15)11-7-3-4-8-14-11/h1-8,12,15H. The Balaban J connectivity index is 2.37. The number of hydrogen-bond acceptors (Lipinski definition) is 2. The largest absolute Gasteiger partial charge is 0.382 e. The molecule has 76 valence electrons. The molecule has 0 fully saturated rings.